The summed E-state index contributed by atoms with van der Waals surface area (Å²) in [5, 5.41) is 10.2. The fourth-order valence-electron chi connectivity index (χ4n) is 3.03. The summed E-state index contributed by atoms with van der Waals surface area (Å²) >= 11 is 0. The van der Waals surface area contributed by atoms with Crippen LogP contribution < -0.4 is 10.6 Å². The molecule has 2 aliphatic rings. The predicted octanol–water partition coefficient (Wildman–Crippen LogP) is 1.42. The van der Waals surface area contributed by atoms with Crippen molar-refractivity contribution in [1.82, 2.24) is 20.8 Å². The van der Waals surface area contributed by atoms with Gasteiger partial charge in [0.05, 0.1) is 16.6 Å². The Hall–Kier alpha value is -2.44. The van der Waals surface area contributed by atoms with Gasteiger partial charge in [-0.15, -0.1) is 0 Å². The normalized spacial score (nSPS) is 21.3. The van der Waals surface area contributed by atoms with Gasteiger partial charge in [0.15, 0.2) is 0 Å². The number of aromatic nitrogens is 2. The van der Waals surface area contributed by atoms with Crippen molar-refractivity contribution in [2.75, 3.05) is 6.54 Å². The van der Waals surface area contributed by atoms with Gasteiger partial charge in [-0.2, -0.15) is 0 Å². The summed E-state index contributed by atoms with van der Waals surface area (Å²) < 4.78 is 5.25. The van der Waals surface area contributed by atoms with Crippen LogP contribution in [-0.4, -0.2) is 34.5 Å². The first-order valence-electron chi connectivity index (χ1n) is 7.99. The zero-order valence-electron chi connectivity index (χ0n) is 12.9. The number of piperidine rings is 1. The molecule has 7 heteroatoms. The van der Waals surface area contributed by atoms with Crippen LogP contribution >= 0.6 is 0 Å². The highest BCUT2D eigenvalue weighted by Crippen LogP contribution is 2.40. The average Bonchev–Trinajstić information content (AvgIpc) is 3.33. The Morgan fingerprint density at radius 3 is 2.96 bits per heavy atom. The number of amides is 2. The van der Waals surface area contributed by atoms with E-state index in [-0.39, 0.29) is 11.8 Å². The van der Waals surface area contributed by atoms with E-state index in [9.17, 15) is 9.59 Å². The second kappa shape index (κ2) is 5.33. The molecule has 1 saturated heterocycles. The average molecular weight is 314 g/mol. The van der Waals surface area contributed by atoms with Crippen LogP contribution in [0.3, 0.4) is 0 Å². The van der Waals surface area contributed by atoms with E-state index in [4.69, 9.17) is 4.52 Å². The topological polar surface area (TPSA) is 97.1 Å². The van der Waals surface area contributed by atoms with Crippen LogP contribution in [0, 0.1) is 6.92 Å². The number of rotatable bonds is 3. The highest BCUT2D eigenvalue weighted by Gasteiger charge is 2.30. The van der Waals surface area contributed by atoms with Crippen LogP contribution in [-0.2, 0) is 4.79 Å². The molecule has 2 aromatic rings. The van der Waals surface area contributed by atoms with Crippen LogP contribution in [0.25, 0.3) is 11.1 Å². The molecule has 1 aliphatic carbocycles. The zero-order valence-corrected chi connectivity index (χ0v) is 12.9. The van der Waals surface area contributed by atoms with Crippen LogP contribution in [0.5, 0.6) is 0 Å². The SMILES string of the molecule is Cc1noc2nc(C3CC3)cc(C(=O)NC3CCCNC3=O)c12. The Balaban J connectivity index is 1.69. The van der Waals surface area contributed by atoms with Gasteiger partial charge in [-0.25, -0.2) is 4.98 Å². The molecule has 0 aromatic carbocycles. The summed E-state index contributed by atoms with van der Waals surface area (Å²) in [5.74, 6) is 0.00124. The lowest BCUT2D eigenvalue weighted by molar-refractivity contribution is -0.124. The molecular formula is C16H18N4O3. The summed E-state index contributed by atoms with van der Waals surface area (Å²) in [5.41, 5.74) is 2.39. The van der Waals surface area contributed by atoms with Crippen molar-refractivity contribution in [1.29, 1.82) is 0 Å². The summed E-state index contributed by atoms with van der Waals surface area (Å²) in [6.45, 7) is 2.45. The molecule has 23 heavy (non-hydrogen) atoms. The van der Waals surface area contributed by atoms with E-state index < -0.39 is 6.04 Å². The standard InChI is InChI=1S/C16H18N4O3/c1-8-13-10(14(21)18-11-3-2-6-17-15(11)22)7-12(9-4-5-9)19-16(13)23-20-8/h7,9,11H,2-6H2,1H3,(H,17,22)(H,18,21). The minimum atomic E-state index is -0.482. The lowest BCUT2D eigenvalue weighted by Gasteiger charge is -2.22. The molecule has 1 aliphatic heterocycles. The predicted molar refractivity (Wildman–Crippen MR) is 82.0 cm³/mol. The van der Waals surface area contributed by atoms with Gasteiger partial charge in [-0.3, -0.25) is 9.59 Å². The molecule has 7 nitrogen and oxygen atoms in total. The monoisotopic (exact) mass is 314 g/mol. The molecular weight excluding hydrogens is 296 g/mol. The number of pyridine rings is 1. The summed E-state index contributed by atoms with van der Waals surface area (Å²) in [7, 11) is 0. The van der Waals surface area contributed by atoms with Crippen LogP contribution in [0.1, 0.15) is 53.3 Å². The molecule has 2 aromatic heterocycles. The summed E-state index contributed by atoms with van der Waals surface area (Å²) in [4.78, 5) is 29.1. The second-order valence-corrected chi connectivity index (χ2v) is 6.28. The molecule has 2 amide bonds. The van der Waals surface area contributed by atoms with E-state index >= 15 is 0 Å². The molecule has 4 rings (SSSR count). The van der Waals surface area contributed by atoms with Crippen molar-refractivity contribution < 1.29 is 14.1 Å². The van der Waals surface area contributed by atoms with Crippen molar-refractivity contribution in [2.24, 2.45) is 0 Å². The molecule has 0 radical (unpaired) electrons. The van der Waals surface area contributed by atoms with Gasteiger partial charge in [0, 0.05) is 18.2 Å². The molecule has 1 atom stereocenters. The fraction of sp³-hybridized carbons (Fsp3) is 0.500. The molecule has 3 heterocycles. The van der Waals surface area contributed by atoms with Gasteiger partial charge >= 0.3 is 0 Å². The summed E-state index contributed by atoms with van der Waals surface area (Å²) in [6, 6.07) is 1.34. The number of hydrogen-bond acceptors (Lipinski definition) is 5. The fourth-order valence-corrected chi connectivity index (χ4v) is 3.03. The van der Waals surface area contributed by atoms with E-state index in [1.165, 1.54) is 0 Å². The zero-order chi connectivity index (χ0) is 16.0. The van der Waals surface area contributed by atoms with Gasteiger partial charge in [0.2, 0.25) is 5.91 Å². The maximum atomic E-state index is 12.7. The van der Waals surface area contributed by atoms with E-state index in [0.29, 0.717) is 41.2 Å². The highest BCUT2D eigenvalue weighted by atomic mass is 16.5. The molecule has 1 unspecified atom stereocenters. The van der Waals surface area contributed by atoms with Crippen LogP contribution in [0.15, 0.2) is 10.6 Å². The van der Waals surface area contributed by atoms with Crippen molar-refractivity contribution in [3.63, 3.8) is 0 Å². The molecule has 2 fully saturated rings. The van der Waals surface area contributed by atoms with Crippen molar-refractivity contribution in [3.05, 3.63) is 23.0 Å². The van der Waals surface area contributed by atoms with Crippen LogP contribution in [0.2, 0.25) is 0 Å². The third-order valence-electron chi connectivity index (χ3n) is 4.47. The van der Waals surface area contributed by atoms with Crippen molar-refractivity contribution >= 4 is 22.9 Å². The van der Waals surface area contributed by atoms with Gasteiger partial charge < -0.3 is 15.2 Å². The van der Waals surface area contributed by atoms with Gasteiger partial charge in [0.25, 0.3) is 11.6 Å². The van der Waals surface area contributed by atoms with E-state index in [2.05, 4.69) is 20.8 Å². The molecule has 2 N–H and O–H groups in total. The van der Waals surface area contributed by atoms with Crippen molar-refractivity contribution in [2.45, 2.75) is 44.6 Å². The first kappa shape index (κ1) is 14.2. The highest BCUT2D eigenvalue weighted by molar-refractivity contribution is 6.07. The smallest absolute Gasteiger partial charge is 0.259 e. The first-order chi connectivity index (χ1) is 11.1. The number of carbonyl (C=O) groups is 2. The Morgan fingerprint density at radius 1 is 1.39 bits per heavy atom. The molecule has 1 saturated carbocycles. The van der Waals surface area contributed by atoms with E-state index in [1.54, 1.807) is 6.92 Å². The Kier molecular flexibility index (Phi) is 3.28. The first-order valence-corrected chi connectivity index (χ1v) is 7.99. The minimum absolute atomic E-state index is 0.126. The van der Waals surface area contributed by atoms with E-state index in [1.807, 2.05) is 6.07 Å². The maximum absolute atomic E-state index is 12.7. The Morgan fingerprint density at radius 2 is 2.22 bits per heavy atom. The second-order valence-electron chi connectivity index (χ2n) is 6.28. The molecule has 0 bridgehead atoms. The molecule has 0 spiro atoms. The van der Waals surface area contributed by atoms with Crippen LogP contribution in [0.4, 0.5) is 0 Å². The summed E-state index contributed by atoms with van der Waals surface area (Å²) in [6.07, 6.45) is 3.68. The number of aryl methyl sites for hydroxylation is 1. The lowest BCUT2D eigenvalue weighted by atomic mass is 10.0. The van der Waals surface area contributed by atoms with Crippen molar-refractivity contribution in [3.8, 4) is 0 Å². The Labute approximate surface area is 132 Å². The quantitative estimate of drug-likeness (QED) is 0.893. The van der Waals surface area contributed by atoms with Gasteiger partial charge in [-0.05, 0) is 38.7 Å². The number of fused-ring (bicyclic) bond motifs is 1. The maximum Gasteiger partial charge on any atom is 0.259 e. The minimum Gasteiger partial charge on any atom is -0.354 e. The van der Waals surface area contributed by atoms with Gasteiger partial charge in [-0.1, -0.05) is 5.16 Å². The number of carbonyl (C=O) groups excluding carboxylic acids is 2. The number of nitrogens with one attached hydrogen (secondary N) is 2. The third-order valence-corrected chi connectivity index (χ3v) is 4.47. The third kappa shape index (κ3) is 2.56. The lowest BCUT2D eigenvalue weighted by Crippen LogP contribution is -2.50. The molecule has 120 valence electrons. The number of hydrogen-bond donors (Lipinski definition) is 2. The Bertz CT molecular complexity index is 794. The largest absolute Gasteiger partial charge is 0.354 e. The number of nitrogens with zero attached hydrogens (tertiary/aromatic N) is 2. The van der Waals surface area contributed by atoms with Gasteiger partial charge in [0.1, 0.15) is 6.04 Å². The van der Waals surface area contributed by atoms with E-state index in [0.717, 1.165) is 25.0 Å².